The molecule has 0 saturated heterocycles. The summed E-state index contributed by atoms with van der Waals surface area (Å²) in [6.07, 6.45) is 9.39. The van der Waals surface area contributed by atoms with Crippen LogP contribution in [-0.4, -0.2) is 37.2 Å². The number of nitrogens with two attached hydrogens (primary N) is 3. The fourth-order valence-corrected chi connectivity index (χ4v) is 2.17. The summed E-state index contributed by atoms with van der Waals surface area (Å²) in [6, 6.07) is 0. The van der Waals surface area contributed by atoms with Crippen molar-refractivity contribution in [1.82, 2.24) is 16.0 Å². The van der Waals surface area contributed by atoms with E-state index in [1.807, 2.05) is 13.8 Å². The van der Waals surface area contributed by atoms with E-state index in [-0.39, 0.29) is 13.7 Å². The average molecular weight is 390 g/mol. The van der Waals surface area contributed by atoms with Crippen LogP contribution in [0.2, 0.25) is 0 Å². The fourth-order valence-electron chi connectivity index (χ4n) is 2.05. The molecule has 0 aromatic carbocycles. The Labute approximate surface area is 158 Å². The van der Waals surface area contributed by atoms with Gasteiger partial charge in [0, 0.05) is 0 Å². The minimum absolute atomic E-state index is 0. The molecular weight excluding hydrogens is 347 g/mol. The predicted molar refractivity (Wildman–Crippen MR) is 105 cm³/mol. The van der Waals surface area contributed by atoms with Crippen LogP contribution in [0.25, 0.3) is 0 Å². The number of nitrogens with one attached hydrogen (secondary N) is 3. The van der Waals surface area contributed by atoms with Crippen LogP contribution in [0.5, 0.6) is 0 Å². The molecule has 24 heavy (non-hydrogen) atoms. The molecule has 0 heterocycles. The zero-order chi connectivity index (χ0) is 17.8. The van der Waals surface area contributed by atoms with Crippen LogP contribution >= 0.6 is 0 Å². The minimum Gasteiger partial charge on any atom is -0.358 e. The normalized spacial score (nSPS) is 10.2. The molecule has 0 rings (SSSR count). The van der Waals surface area contributed by atoms with Gasteiger partial charge in [0.15, 0.2) is 0 Å². The van der Waals surface area contributed by atoms with Gasteiger partial charge >= 0.3 is 94.3 Å². The van der Waals surface area contributed by atoms with Crippen LogP contribution in [0, 0.1) is 7.43 Å². The van der Waals surface area contributed by atoms with Crippen LogP contribution in [0.15, 0.2) is 0 Å². The summed E-state index contributed by atoms with van der Waals surface area (Å²) in [7, 11) is 0. The molecule has 6 nitrogen and oxygen atoms in total. The maximum absolute atomic E-state index is 5.40. The molecule has 7 heteroatoms. The zero-order valence-corrected chi connectivity index (χ0v) is 17.1. The van der Waals surface area contributed by atoms with Crippen molar-refractivity contribution in [3.8, 4) is 0 Å². The Morgan fingerprint density at radius 3 is 1.62 bits per heavy atom. The van der Waals surface area contributed by atoms with Gasteiger partial charge in [0.05, 0.1) is 0 Å². The molecule has 0 aromatic rings. The van der Waals surface area contributed by atoms with E-state index in [9.17, 15) is 0 Å². The van der Waals surface area contributed by atoms with E-state index in [4.69, 9.17) is 17.2 Å². The van der Waals surface area contributed by atoms with E-state index in [2.05, 4.69) is 31.0 Å². The summed E-state index contributed by atoms with van der Waals surface area (Å²) in [5.74, 6) is 0. The third-order valence-corrected chi connectivity index (χ3v) is 3.40. The quantitative estimate of drug-likeness (QED) is 0.102. The first-order valence-electron chi connectivity index (χ1n) is 9.07. The summed E-state index contributed by atoms with van der Waals surface area (Å²) in [5, 5.41) is 9.49. The van der Waals surface area contributed by atoms with Gasteiger partial charge < -0.3 is 18.9 Å². The van der Waals surface area contributed by atoms with Gasteiger partial charge in [-0.25, -0.2) is 0 Å². The van der Waals surface area contributed by atoms with Crippen LogP contribution < -0.4 is 33.2 Å². The summed E-state index contributed by atoms with van der Waals surface area (Å²) < 4.78 is 0.443. The van der Waals surface area contributed by atoms with Crippen LogP contribution in [0.1, 0.15) is 65.2 Å². The van der Waals surface area contributed by atoms with E-state index < -0.39 is 0 Å². The maximum atomic E-state index is 5.40. The minimum atomic E-state index is -0.380. The number of rotatable bonds is 16. The van der Waals surface area contributed by atoms with Crippen molar-refractivity contribution in [3.63, 3.8) is 0 Å². The molecule has 0 aliphatic rings. The molecule has 0 fully saturated rings. The van der Waals surface area contributed by atoms with Crippen molar-refractivity contribution in [1.29, 1.82) is 0 Å². The second-order valence-electron chi connectivity index (χ2n) is 5.30. The molecule has 0 amide bonds. The second-order valence-corrected chi connectivity index (χ2v) is 5.83. The van der Waals surface area contributed by atoms with Gasteiger partial charge in [-0.1, -0.05) is 20.3 Å². The topological polar surface area (TPSA) is 114 Å². The van der Waals surface area contributed by atoms with E-state index in [0.29, 0.717) is 4.74 Å². The summed E-state index contributed by atoms with van der Waals surface area (Å²) in [5.41, 5.74) is 16.2. The molecule has 0 spiro atoms. The Balaban J connectivity index is -0.00000141. The van der Waals surface area contributed by atoms with Gasteiger partial charge in [-0.15, -0.1) is 0 Å². The van der Waals surface area contributed by atoms with Crippen LogP contribution in [-0.2, 0) is 15.0 Å². The third-order valence-electron chi connectivity index (χ3n) is 3.22. The third kappa shape index (κ3) is 30.1. The Hall–Kier alpha value is 0.124. The molecule has 9 N–H and O–H groups in total. The van der Waals surface area contributed by atoms with Crippen molar-refractivity contribution < 1.29 is 15.0 Å². The molecule has 0 radical (unpaired) electrons. The number of hydrogen-bond acceptors (Lipinski definition) is 6. The number of unbranched alkanes of at least 4 members (excludes halogenated alkanes) is 6. The SMILES string of the molecule is CC.N[C](=[Ni])NCCCCCCNCCCCCCNC(N)N.[CH3-]. The van der Waals surface area contributed by atoms with Gasteiger partial charge in [-0.3, -0.25) is 5.32 Å². The monoisotopic (exact) mass is 389 g/mol. The Morgan fingerprint density at radius 1 is 0.792 bits per heavy atom. The summed E-state index contributed by atoms with van der Waals surface area (Å²) >= 11 is 4.46. The molecule has 152 valence electrons. The van der Waals surface area contributed by atoms with Crippen molar-refractivity contribution in [2.24, 2.45) is 17.2 Å². The molecule has 0 bridgehead atoms. The summed E-state index contributed by atoms with van der Waals surface area (Å²) in [4.78, 5) is 0. The van der Waals surface area contributed by atoms with Crippen molar-refractivity contribution >= 4 is 4.74 Å². The van der Waals surface area contributed by atoms with E-state index >= 15 is 0 Å². The molecule has 0 atom stereocenters. The number of hydrogen-bond donors (Lipinski definition) is 6. The van der Waals surface area contributed by atoms with Gasteiger partial charge in [0.2, 0.25) is 0 Å². The second kappa shape index (κ2) is 25.4. The predicted octanol–water partition coefficient (Wildman–Crippen LogP) is 1.15. The van der Waals surface area contributed by atoms with Gasteiger partial charge in [0.25, 0.3) is 0 Å². The molecule has 0 aliphatic carbocycles. The first kappa shape index (κ1) is 28.9. The Morgan fingerprint density at radius 2 is 1.21 bits per heavy atom. The first-order valence-corrected chi connectivity index (χ1v) is 9.56. The first-order chi connectivity index (χ1) is 11.1. The smallest absolute Gasteiger partial charge is 0.358 e. The van der Waals surface area contributed by atoms with Gasteiger partial charge in [0.1, 0.15) is 6.29 Å². The molecule has 0 aromatic heterocycles. The van der Waals surface area contributed by atoms with E-state index in [1.54, 1.807) is 0 Å². The van der Waals surface area contributed by atoms with Crippen molar-refractivity contribution in [2.75, 3.05) is 26.2 Å². The standard InChI is InChI=1S/C14H34N6.C2H6.CH3.Ni/c15-13-19-11-7-2-1-5-9-18-10-6-3-4-8-12-20-14(16)17;1-2;;/h14,18-20H,1-12,15-17H2;1-2H3;1H3;/q;;-1;. The van der Waals surface area contributed by atoms with Gasteiger partial charge in [-0.05, 0) is 13.0 Å². The van der Waals surface area contributed by atoms with Crippen LogP contribution in [0.3, 0.4) is 0 Å². The molecule has 0 unspecified atom stereocenters. The Bertz CT molecular complexity index is 239. The van der Waals surface area contributed by atoms with Gasteiger partial charge in [-0.2, -0.15) is 0 Å². The molecule has 0 saturated carbocycles. The summed E-state index contributed by atoms with van der Waals surface area (Å²) in [6.45, 7) is 8.06. The van der Waals surface area contributed by atoms with Crippen LogP contribution in [0.4, 0.5) is 0 Å². The molecule has 0 aliphatic heterocycles. The molecular formula is C17H43N6Ni-. The fraction of sp³-hybridized carbons (Fsp3) is 0.882. The van der Waals surface area contributed by atoms with Crippen molar-refractivity contribution in [2.45, 2.75) is 71.5 Å². The van der Waals surface area contributed by atoms with E-state index in [1.165, 1.54) is 38.5 Å². The average Bonchev–Trinajstić information content (AvgIpc) is 2.52. The Kier molecular flexibility index (Phi) is 30.6. The van der Waals surface area contributed by atoms with E-state index in [0.717, 1.165) is 39.0 Å². The van der Waals surface area contributed by atoms with Crippen molar-refractivity contribution in [3.05, 3.63) is 7.43 Å². The zero-order valence-electron chi connectivity index (χ0n) is 16.1.